The van der Waals surface area contributed by atoms with Crippen LogP contribution < -0.4 is 5.32 Å². The molecule has 10 heteroatoms. The highest BCUT2D eigenvalue weighted by molar-refractivity contribution is 7.14. The maximum absolute atomic E-state index is 15.1. The summed E-state index contributed by atoms with van der Waals surface area (Å²) in [5.74, 6) is -2.03. The monoisotopic (exact) mass is 550 g/mol. The fraction of sp³-hybridized carbons (Fsp3) is 0.269. The van der Waals surface area contributed by atoms with Gasteiger partial charge in [0.1, 0.15) is 5.82 Å². The number of hydrogen-bond acceptors (Lipinski definition) is 5. The number of carbonyl (C=O) groups is 2. The van der Waals surface area contributed by atoms with E-state index in [-0.39, 0.29) is 32.9 Å². The van der Waals surface area contributed by atoms with E-state index in [9.17, 15) is 9.59 Å². The number of hydrogen-bond donors (Lipinski definition) is 2. The lowest BCUT2D eigenvalue weighted by atomic mass is 10.1. The van der Waals surface area contributed by atoms with Crippen molar-refractivity contribution in [3.05, 3.63) is 73.8 Å². The quantitative estimate of drug-likeness (QED) is 0.188. The van der Waals surface area contributed by atoms with Crippen LogP contribution in [0.1, 0.15) is 54.6 Å². The molecule has 0 bridgehead atoms. The number of carboxylic acid groups (broad SMARTS) is 1. The lowest BCUT2D eigenvalue weighted by Gasteiger charge is -2.08. The molecule has 0 atom stereocenters. The van der Waals surface area contributed by atoms with Gasteiger partial charge in [-0.15, -0.1) is 11.3 Å². The van der Waals surface area contributed by atoms with Crippen molar-refractivity contribution in [2.75, 3.05) is 11.9 Å². The molecule has 3 aromatic rings. The topological polar surface area (TPSA) is 88.5 Å². The lowest BCUT2D eigenvalue weighted by Crippen LogP contribution is -2.12. The van der Waals surface area contributed by atoms with Crippen LogP contribution in [-0.4, -0.2) is 28.6 Å². The maximum atomic E-state index is 15.1. The summed E-state index contributed by atoms with van der Waals surface area (Å²) in [6.07, 6.45) is 4.43. The number of nitrogens with one attached hydrogen (secondary N) is 1. The second-order valence-electron chi connectivity index (χ2n) is 8.02. The molecule has 0 radical (unpaired) electrons. The Morgan fingerprint density at radius 3 is 2.61 bits per heavy atom. The molecule has 6 nitrogen and oxygen atoms in total. The Balaban J connectivity index is 1.73. The Morgan fingerprint density at radius 1 is 1.22 bits per heavy atom. The first kappa shape index (κ1) is 27.8. The smallest absolute Gasteiger partial charge is 0.331 e. The van der Waals surface area contributed by atoms with Gasteiger partial charge in [-0.3, -0.25) is 10.1 Å². The molecule has 0 saturated heterocycles. The number of amides is 1. The van der Waals surface area contributed by atoms with Gasteiger partial charge in [-0.05, 0) is 37.6 Å². The van der Waals surface area contributed by atoms with E-state index in [2.05, 4.69) is 17.2 Å². The van der Waals surface area contributed by atoms with Gasteiger partial charge in [0.25, 0.3) is 5.91 Å². The molecule has 1 aromatic heterocycles. The molecule has 0 aliphatic carbocycles. The average molecular weight is 551 g/mol. The van der Waals surface area contributed by atoms with Crippen LogP contribution >= 0.6 is 34.5 Å². The molecular weight excluding hydrogens is 526 g/mol. The highest BCUT2D eigenvalue weighted by Crippen LogP contribution is 2.31. The van der Waals surface area contributed by atoms with Crippen LogP contribution in [-0.2, 0) is 16.1 Å². The summed E-state index contributed by atoms with van der Waals surface area (Å²) in [4.78, 5) is 28.2. The molecule has 0 saturated carbocycles. The summed E-state index contributed by atoms with van der Waals surface area (Å²) >= 11 is 13.6. The summed E-state index contributed by atoms with van der Waals surface area (Å²) in [5, 5.41) is 13.9. The second kappa shape index (κ2) is 13.0. The molecule has 0 unspecified atom stereocenters. The van der Waals surface area contributed by atoms with E-state index < -0.39 is 17.7 Å². The largest absolute Gasteiger partial charge is 0.478 e. The van der Waals surface area contributed by atoms with Crippen molar-refractivity contribution in [1.29, 1.82) is 0 Å². The summed E-state index contributed by atoms with van der Waals surface area (Å²) < 4.78 is 20.7. The lowest BCUT2D eigenvalue weighted by molar-refractivity contribution is -0.132. The van der Waals surface area contributed by atoms with Crippen LogP contribution in [0.4, 0.5) is 9.52 Å². The van der Waals surface area contributed by atoms with Gasteiger partial charge in [0.05, 0.1) is 22.3 Å². The van der Waals surface area contributed by atoms with Gasteiger partial charge in [0.15, 0.2) is 5.13 Å². The zero-order valence-corrected chi connectivity index (χ0v) is 22.1. The Kier molecular flexibility index (Phi) is 10.0. The first-order chi connectivity index (χ1) is 17.2. The molecule has 0 spiro atoms. The van der Waals surface area contributed by atoms with E-state index >= 15 is 4.39 Å². The number of ether oxygens (including phenoxy) is 1. The molecule has 190 valence electrons. The standard InChI is InChI=1S/C26H25Cl2FN2O4S/c1-3-4-5-9-35-13-16-7-6-8-18(23(16)29)22-14-36-26(30-22)31-24(32)17-11-20(27)19(21(28)12-17)10-15(2)25(33)34/h6-8,10-12,14H,3-5,9,13H2,1-2H3,(H,33,34)(H,30,31,32)/b15-10+. The molecule has 1 heterocycles. The highest BCUT2D eigenvalue weighted by Gasteiger charge is 2.17. The minimum absolute atomic E-state index is 0.0469. The van der Waals surface area contributed by atoms with Gasteiger partial charge in [0.2, 0.25) is 0 Å². The van der Waals surface area contributed by atoms with Gasteiger partial charge in [-0.25, -0.2) is 14.2 Å². The van der Waals surface area contributed by atoms with Crippen LogP contribution in [0.15, 0.2) is 41.3 Å². The van der Waals surface area contributed by atoms with E-state index in [1.165, 1.54) is 25.1 Å². The summed E-state index contributed by atoms with van der Waals surface area (Å²) in [6, 6.07) is 7.83. The third-order valence-corrected chi connectivity index (χ3v) is 6.65. The van der Waals surface area contributed by atoms with Crippen molar-refractivity contribution in [3.63, 3.8) is 0 Å². The number of rotatable bonds is 11. The maximum Gasteiger partial charge on any atom is 0.331 e. The van der Waals surface area contributed by atoms with Crippen molar-refractivity contribution in [2.45, 2.75) is 39.7 Å². The Labute approximate surface area is 222 Å². The number of anilines is 1. The molecule has 1 amide bonds. The summed E-state index contributed by atoms with van der Waals surface area (Å²) in [7, 11) is 0. The van der Waals surface area contributed by atoms with Gasteiger partial charge in [-0.1, -0.05) is 55.1 Å². The van der Waals surface area contributed by atoms with Crippen LogP contribution in [0.5, 0.6) is 0 Å². The van der Waals surface area contributed by atoms with Crippen molar-refractivity contribution >= 4 is 57.6 Å². The molecule has 0 aliphatic heterocycles. The van der Waals surface area contributed by atoms with E-state index in [4.69, 9.17) is 33.0 Å². The predicted molar refractivity (Wildman–Crippen MR) is 142 cm³/mol. The number of nitrogens with zero attached hydrogens (tertiary/aromatic N) is 1. The number of thiazole rings is 1. The van der Waals surface area contributed by atoms with Gasteiger partial charge < -0.3 is 9.84 Å². The number of aliphatic carboxylic acids is 1. The fourth-order valence-electron chi connectivity index (χ4n) is 3.28. The average Bonchev–Trinajstić information content (AvgIpc) is 3.29. The number of unbranched alkanes of at least 4 members (excludes halogenated alkanes) is 2. The molecule has 0 fully saturated rings. The van der Waals surface area contributed by atoms with E-state index in [1.807, 2.05) is 0 Å². The van der Waals surface area contributed by atoms with E-state index in [0.717, 1.165) is 30.6 Å². The summed E-state index contributed by atoms with van der Waals surface area (Å²) in [6.45, 7) is 4.27. The van der Waals surface area contributed by atoms with Crippen LogP contribution in [0.2, 0.25) is 10.0 Å². The first-order valence-corrected chi connectivity index (χ1v) is 12.9. The molecule has 2 N–H and O–H groups in total. The zero-order valence-electron chi connectivity index (χ0n) is 19.7. The minimum atomic E-state index is -1.11. The second-order valence-corrected chi connectivity index (χ2v) is 9.69. The number of halogens is 3. The third-order valence-electron chi connectivity index (χ3n) is 5.27. The van der Waals surface area contributed by atoms with Crippen molar-refractivity contribution < 1.29 is 23.8 Å². The predicted octanol–water partition coefficient (Wildman–Crippen LogP) is 7.70. The van der Waals surface area contributed by atoms with Crippen LogP contribution in [0, 0.1) is 5.82 Å². The zero-order chi connectivity index (χ0) is 26.2. The molecule has 0 aliphatic rings. The molecule has 3 rings (SSSR count). The first-order valence-electron chi connectivity index (χ1n) is 11.2. The third kappa shape index (κ3) is 7.13. The molecule has 2 aromatic carbocycles. The highest BCUT2D eigenvalue weighted by atomic mass is 35.5. The Hall–Kier alpha value is -2.78. The fourth-order valence-corrected chi connectivity index (χ4v) is 4.58. The SMILES string of the molecule is CCCCCOCc1cccc(-c2csc(NC(=O)c3cc(Cl)c(/C=C(\C)C(=O)O)c(Cl)c3)n2)c1F. The van der Waals surface area contributed by atoms with E-state index in [0.29, 0.717) is 29.0 Å². The Bertz CT molecular complexity index is 1270. The minimum Gasteiger partial charge on any atom is -0.478 e. The van der Waals surface area contributed by atoms with Crippen molar-refractivity contribution in [1.82, 2.24) is 4.98 Å². The van der Waals surface area contributed by atoms with Gasteiger partial charge in [0, 0.05) is 39.8 Å². The normalized spacial score (nSPS) is 11.5. The number of carbonyl (C=O) groups excluding carboxylic acids is 1. The molecular formula is C26H25Cl2FN2O4S. The molecule has 36 heavy (non-hydrogen) atoms. The number of benzene rings is 2. The van der Waals surface area contributed by atoms with Crippen LogP contribution in [0.3, 0.4) is 0 Å². The number of carboxylic acids is 1. The van der Waals surface area contributed by atoms with Crippen molar-refractivity contribution in [3.8, 4) is 11.3 Å². The summed E-state index contributed by atoms with van der Waals surface area (Å²) in [5.41, 5.74) is 1.67. The van der Waals surface area contributed by atoms with Gasteiger partial charge in [-0.2, -0.15) is 0 Å². The van der Waals surface area contributed by atoms with Crippen molar-refractivity contribution in [2.24, 2.45) is 0 Å². The number of aromatic nitrogens is 1. The van der Waals surface area contributed by atoms with Gasteiger partial charge >= 0.3 is 5.97 Å². The Morgan fingerprint density at radius 2 is 1.94 bits per heavy atom. The van der Waals surface area contributed by atoms with Crippen LogP contribution in [0.25, 0.3) is 17.3 Å². The van der Waals surface area contributed by atoms with E-state index in [1.54, 1.807) is 23.6 Å².